The molecular formula is C17H18N2O4. The van der Waals surface area contributed by atoms with Gasteiger partial charge in [-0.15, -0.1) is 0 Å². The monoisotopic (exact) mass is 314 g/mol. The van der Waals surface area contributed by atoms with Gasteiger partial charge < -0.3 is 14.4 Å². The van der Waals surface area contributed by atoms with Crippen LogP contribution in [-0.4, -0.2) is 33.7 Å². The van der Waals surface area contributed by atoms with E-state index in [1.54, 1.807) is 4.57 Å². The van der Waals surface area contributed by atoms with E-state index >= 15 is 0 Å². The number of nitrogens with zero attached hydrogens (tertiary/aromatic N) is 2. The summed E-state index contributed by atoms with van der Waals surface area (Å²) < 4.78 is 6.66. The molecule has 0 saturated heterocycles. The fraction of sp³-hybridized carbons (Fsp3) is 0.353. The number of hydrogen-bond donors (Lipinski definition) is 1. The Bertz CT molecular complexity index is 737. The summed E-state index contributed by atoms with van der Waals surface area (Å²) in [6.07, 6.45) is 2.47. The topological polar surface area (TPSA) is 81.4 Å². The van der Waals surface area contributed by atoms with E-state index in [1.165, 1.54) is 7.11 Å². The maximum Gasteiger partial charge on any atom is 0.356 e. The smallest absolute Gasteiger partial charge is 0.356 e. The second kappa shape index (κ2) is 6.24. The highest BCUT2D eigenvalue weighted by Gasteiger charge is 2.33. The minimum atomic E-state index is -1.06. The van der Waals surface area contributed by atoms with Gasteiger partial charge in [-0.3, -0.25) is 0 Å². The van der Waals surface area contributed by atoms with Gasteiger partial charge in [0.25, 0.3) is 0 Å². The van der Waals surface area contributed by atoms with Crippen LogP contribution in [0.5, 0.6) is 0 Å². The van der Waals surface area contributed by atoms with Gasteiger partial charge in [-0.1, -0.05) is 30.3 Å². The molecule has 1 aromatic heterocycles. The fourth-order valence-electron chi connectivity index (χ4n) is 3.15. The maximum atomic E-state index is 12.1. The van der Waals surface area contributed by atoms with Crippen LogP contribution in [0.25, 0.3) is 0 Å². The molecule has 1 atom stereocenters. The van der Waals surface area contributed by atoms with Crippen LogP contribution >= 0.6 is 0 Å². The van der Waals surface area contributed by atoms with E-state index in [0.29, 0.717) is 30.8 Å². The van der Waals surface area contributed by atoms with Gasteiger partial charge in [0.05, 0.1) is 12.8 Å². The highest BCUT2D eigenvalue weighted by Crippen LogP contribution is 2.31. The molecule has 3 rings (SSSR count). The molecule has 0 radical (unpaired) electrons. The van der Waals surface area contributed by atoms with Crippen LogP contribution in [0.4, 0.5) is 0 Å². The van der Waals surface area contributed by atoms with E-state index in [0.717, 1.165) is 12.0 Å². The van der Waals surface area contributed by atoms with Crippen molar-refractivity contribution in [3.8, 4) is 0 Å². The first-order chi connectivity index (χ1) is 11.1. The predicted molar refractivity (Wildman–Crippen MR) is 82.4 cm³/mol. The fourth-order valence-corrected chi connectivity index (χ4v) is 3.15. The molecule has 6 nitrogen and oxygen atoms in total. The molecule has 120 valence electrons. The maximum absolute atomic E-state index is 12.1. The van der Waals surface area contributed by atoms with Crippen LogP contribution in [0.3, 0.4) is 0 Å². The number of carbonyl (C=O) groups is 2. The largest absolute Gasteiger partial charge is 0.476 e. The third-order valence-electron chi connectivity index (χ3n) is 4.17. The first kappa shape index (κ1) is 15.3. The summed E-state index contributed by atoms with van der Waals surface area (Å²) in [5, 5.41) is 9.41. The number of methoxy groups -OCH3 is 1. The highest BCUT2D eigenvalue weighted by molar-refractivity contribution is 5.87. The zero-order valence-corrected chi connectivity index (χ0v) is 12.9. The molecule has 1 unspecified atom stereocenters. The Hall–Kier alpha value is -2.63. The van der Waals surface area contributed by atoms with Crippen LogP contribution in [-0.2, 0) is 22.4 Å². The lowest BCUT2D eigenvalue weighted by atomic mass is 10.0. The molecule has 0 bridgehead atoms. The second-order valence-electron chi connectivity index (χ2n) is 5.59. The number of carbonyl (C=O) groups excluding carboxylic acids is 1. The lowest BCUT2D eigenvalue weighted by molar-refractivity contribution is -0.145. The van der Waals surface area contributed by atoms with E-state index in [-0.39, 0.29) is 11.7 Å². The summed E-state index contributed by atoms with van der Waals surface area (Å²) in [4.78, 5) is 27.9. The Morgan fingerprint density at radius 2 is 2.09 bits per heavy atom. The molecule has 1 aliphatic rings. The van der Waals surface area contributed by atoms with Crippen LogP contribution in [0, 0.1) is 0 Å². The third-order valence-corrected chi connectivity index (χ3v) is 4.17. The molecule has 0 saturated carbocycles. The average Bonchev–Trinajstić information content (AvgIpc) is 2.94. The van der Waals surface area contributed by atoms with Crippen molar-refractivity contribution in [1.29, 1.82) is 0 Å². The van der Waals surface area contributed by atoms with E-state index in [2.05, 4.69) is 4.98 Å². The molecule has 1 aromatic carbocycles. The summed E-state index contributed by atoms with van der Waals surface area (Å²) in [6.45, 7) is 0. The molecule has 0 amide bonds. The third kappa shape index (κ3) is 2.84. The summed E-state index contributed by atoms with van der Waals surface area (Å²) in [7, 11) is 1.35. The summed E-state index contributed by atoms with van der Waals surface area (Å²) in [5.41, 5.74) is 1.68. The van der Waals surface area contributed by atoms with Gasteiger partial charge in [0.2, 0.25) is 0 Å². The van der Waals surface area contributed by atoms with Crippen molar-refractivity contribution >= 4 is 11.9 Å². The van der Waals surface area contributed by atoms with Gasteiger partial charge in [0.15, 0.2) is 5.69 Å². The standard InChI is InChI=1S/C17H18N2O4/c1-23-17(22)13-9-5-8-12-15(16(20)21)18-14(19(12)13)10-11-6-3-2-4-7-11/h2-4,6-7,13H,5,8-10H2,1H3,(H,20,21). The van der Waals surface area contributed by atoms with Crippen molar-refractivity contribution in [2.45, 2.75) is 31.7 Å². The molecule has 1 N–H and O–H groups in total. The number of carboxylic acids is 1. The number of aromatic nitrogens is 2. The number of ether oxygens (including phenoxy) is 1. The minimum absolute atomic E-state index is 0.0459. The first-order valence-corrected chi connectivity index (χ1v) is 7.57. The van der Waals surface area contributed by atoms with Crippen molar-refractivity contribution in [3.05, 3.63) is 53.1 Å². The van der Waals surface area contributed by atoms with Crippen molar-refractivity contribution < 1.29 is 19.4 Å². The molecule has 0 fully saturated rings. The molecule has 2 aromatic rings. The normalized spacial score (nSPS) is 16.7. The van der Waals surface area contributed by atoms with E-state index < -0.39 is 12.0 Å². The van der Waals surface area contributed by atoms with E-state index in [1.807, 2.05) is 30.3 Å². The number of esters is 1. The number of benzene rings is 1. The lowest BCUT2D eigenvalue weighted by Gasteiger charge is -2.25. The van der Waals surface area contributed by atoms with Crippen molar-refractivity contribution in [2.24, 2.45) is 0 Å². The molecular weight excluding hydrogens is 296 g/mol. The Labute approximate surface area is 133 Å². The summed E-state index contributed by atoms with van der Waals surface area (Å²) in [5.74, 6) is -0.813. The Balaban J connectivity index is 2.08. The molecule has 0 aliphatic carbocycles. The molecule has 6 heteroatoms. The number of fused-ring (bicyclic) bond motifs is 1. The molecule has 2 heterocycles. The lowest BCUT2D eigenvalue weighted by Crippen LogP contribution is -2.28. The Morgan fingerprint density at radius 3 is 2.74 bits per heavy atom. The first-order valence-electron chi connectivity index (χ1n) is 7.57. The number of hydrogen-bond acceptors (Lipinski definition) is 4. The zero-order valence-electron chi connectivity index (χ0n) is 12.9. The second-order valence-corrected chi connectivity index (χ2v) is 5.59. The number of imidazole rings is 1. The van der Waals surface area contributed by atoms with Crippen LogP contribution in [0.2, 0.25) is 0 Å². The van der Waals surface area contributed by atoms with Crippen molar-refractivity contribution in [1.82, 2.24) is 9.55 Å². The van der Waals surface area contributed by atoms with Crippen LogP contribution in [0.15, 0.2) is 30.3 Å². The van der Waals surface area contributed by atoms with Crippen molar-refractivity contribution in [2.75, 3.05) is 7.11 Å². The van der Waals surface area contributed by atoms with Gasteiger partial charge >= 0.3 is 11.9 Å². The molecule has 23 heavy (non-hydrogen) atoms. The summed E-state index contributed by atoms with van der Waals surface area (Å²) >= 11 is 0. The van der Waals surface area contributed by atoms with E-state index in [9.17, 15) is 14.7 Å². The number of carboxylic acid groups (broad SMARTS) is 1. The Kier molecular flexibility index (Phi) is 4.14. The van der Waals surface area contributed by atoms with Crippen LogP contribution in [0.1, 0.15) is 46.5 Å². The van der Waals surface area contributed by atoms with E-state index in [4.69, 9.17) is 4.74 Å². The molecule has 1 aliphatic heterocycles. The Morgan fingerprint density at radius 1 is 1.35 bits per heavy atom. The predicted octanol–water partition coefficient (Wildman–Crippen LogP) is 2.22. The van der Waals surface area contributed by atoms with Crippen LogP contribution < -0.4 is 0 Å². The minimum Gasteiger partial charge on any atom is -0.476 e. The zero-order chi connectivity index (χ0) is 16.4. The van der Waals surface area contributed by atoms with Gasteiger partial charge in [-0.2, -0.15) is 0 Å². The summed E-state index contributed by atoms with van der Waals surface area (Å²) in [6, 6.07) is 9.18. The van der Waals surface area contributed by atoms with Crippen molar-refractivity contribution in [3.63, 3.8) is 0 Å². The van der Waals surface area contributed by atoms with Gasteiger partial charge in [0, 0.05) is 6.42 Å². The average molecular weight is 314 g/mol. The SMILES string of the molecule is COC(=O)C1CCCc2c(C(=O)O)nc(Cc3ccccc3)n21. The van der Waals surface area contributed by atoms with Gasteiger partial charge in [-0.25, -0.2) is 14.6 Å². The number of rotatable bonds is 4. The number of aromatic carboxylic acids is 1. The van der Waals surface area contributed by atoms with Gasteiger partial charge in [-0.05, 0) is 24.8 Å². The molecule has 0 spiro atoms. The highest BCUT2D eigenvalue weighted by atomic mass is 16.5. The quantitative estimate of drug-likeness (QED) is 0.875. The van der Waals surface area contributed by atoms with Gasteiger partial charge in [0.1, 0.15) is 11.9 Å².